The summed E-state index contributed by atoms with van der Waals surface area (Å²) in [7, 11) is -3.77. The van der Waals surface area contributed by atoms with Crippen molar-refractivity contribution in [3.63, 3.8) is 0 Å². The molecule has 2 aliphatic rings. The van der Waals surface area contributed by atoms with Gasteiger partial charge in [0.05, 0.1) is 16.7 Å². The third kappa shape index (κ3) is 4.07. The lowest BCUT2D eigenvalue weighted by Crippen LogP contribution is -2.62. The molecule has 2 heterocycles. The fourth-order valence-electron chi connectivity index (χ4n) is 2.65. The van der Waals surface area contributed by atoms with Gasteiger partial charge in [-0.2, -0.15) is 0 Å². The summed E-state index contributed by atoms with van der Waals surface area (Å²) in [4.78, 5) is 37.8. The van der Waals surface area contributed by atoms with Gasteiger partial charge in [0.1, 0.15) is 17.6 Å². The number of carbonyl (C=O) groups is 3. The molecule has 150 valence electrons. The molecule has 0 saturated carbocycles. The van der Waals surface area contributed by atoms with Crippen LogP contribution in [0, 0.1) is 5.41 Å². The van der Waals surface area contributed by atoms with Crippen molar-refractivity contribution in [3.8, 4) is 0 Å². The number of nitrogens with zero attached hydrogens (tertiary/aromatic N) is 1. The number of rotatable bonds is 2. The van der Waals surface area contributed by atoms with Gasteiger partial charge in [0, 0.05) is 0 Å². The van der Waals surface area contributed by atoms with Crippen molar-refractivity contribution in [2.75, 3.05) is 5.75 Å². The van der Waals surface area contributed by atoms with E-state index in [1.165, 1.54) is 6.92 Å². The Balaban J connectivity index is 2.38. The van der Waals surface area contributed by atoms with Gasteiger partial charge in [-0.3, -0.25) is 14.5 Å². The molecule has 0 bridgehead atoms. The fourth-order valence-corrected chi connectivity index (χ4v) is 4.62. The third-order valence-corrected chi connectivity index (χ3v) is 5.85. The van der Waals surface area contributed by atoms with E-state index in [2.05, 4.69) is 0 Å². The first-order chi connectivity index (χ1) is 12.1. The number of β-lactam (4-membered cyclic amide) rings is 1. The van der Waals surface area contributed by atoms with E-state index in [1.807, 2.05) is 0 Å². The average molecular weight is 399 g/mol. The van der Waals surface area contributed by atoms with Crippen molar-refractivity contribution in [3.05, 3.63) is 23.1 Å². The Morgan fingerprint density at radius 3 is 2.19 bits per heavy atom. The topological polar surface area (TPSA) is 107 Å². The SMILES string of the molecule is CC1=C(C(=O)OC(C)(C)C)N2C(=O)/C(=C\OC(=O)C(C)(C)C)[C@H]2S(=O)(=O)C1. The Bertz CT molecular complexity index is 866. The molecule has 0 radical (unpaired) electrons. The first kappa shape index (κ1) is 21.1. The van der Waals surface area contributed by atoms with Crippen molar-refractivity contribution >= 4 is 27.7 Å². The van der Waals surface area contributed by atoms with Gasteiger partial charge < -0.3 is 9.47 Å². The molecule has 8 nitrogen and oxygen atoms in total. The number of hydrogen-bond donors (Lipinski definition) is 0. The van der Waals surface area contributed by atoms with Crippen molar-refractivity contribution < 1.29 is 32.3 Å². The Morgan fingerprint density at radius 1 is 1.15 bits per heavy atom. The quantitative estimate of drug-likeness (QED) is 0.301. The third-order valence-electron chi connectivity index (χ3n) is 3.87. The van der Waals surface area contributed by atoms with Crippen LogP contribution in [0.1, 0.15) is 48.5 Å². The molecule has 0 aromatic rings. The standard InChI is InChI=1S/C18H25NO7S/c1-10-9-27(23,24)14-11(8-25-16(22)17(2,3)4)13(20)19(14)12(10)15(21)26-18(5,6)7/h8,14H,9H2,1-7H3/b11-8+/t14-/m1/s1. The van der Waals surface area contributed by atoms with E-state index in [0.717, 1.165) is 11.2 Å². The second kappa shape index (κ2) is 6.47. The van der Waals surface area contributed by atoms with E-state index in [1.54, 1.807) is 41.5 Å². The van der Waals surface area contributed by atoms with Crippen LogP contribution >= 0.6 is 0 Å². The Morgan fingerprint density at radius 2 is 1.70 bits per heavy atom. The summed E-state index contributed by atoms with van der Waals surface area (Å²) < 4.78 is 35.4. The molecule has 9 heteroatoms. The molecule has 2 rings (SSSR count). The highest BCUT2D eigenvalue weighted by Gasteiger charge is 2.57. The minimum absolute atomic E-state index is 0.0750. The van der Waals surface area contributed by atoms with E-state index in [4.69, 9.17) is 9.47 Å². The summed E-state index contributed by atoms with van der Waals surface area (Å²) in [5.74, 6) is -2.46. The number of hydrogen-bond acceptors (Lipinski definition) is 7. The number of fused-ring (bicyclic) bond motifs is 1. The van der Waals surface area contributed by atoms with Crippen LogP contribution in [0.3, 0.4) is 0 Å². The number of carbonyl (C=O) groups excluding carboxylic acids is 3. The zero-order valence-corrected chi connectivity index (χ0v) is 17.4. The van der Waals surface area contributed by atoms with E-state index >= 15 is 0 Å². The van der Waals surface area contributed by atoms with Crippen LogP contribution in [0.5, 0.6) is 0 Å². The highest BCUT2D eigenvalue weighted by Crippen LogP contribution is 2.40. The second-order valence-electron chi connectivity index (χ2n) is 8.69. The van der Waals surface area contributed by atoms with Gasteiger partial charge in [0.15, 0.2) is 15.2 Å². The molecular formula is C18H25NO7S. The van der Waals surface area contributed by atoms with Crippen LogP contribution in [0.25, 0.3) is 0 Å². The first-order valence-electron chi connectivity index (χ1n) is 8.45. The summed E-state index contributed by atoms with van der Waals surface area (Å²) in [5.41, 5.74) is -1.63. The smallest absolute Gasteiger partial charge is 0.355 e. The molecule has 1 fully saturated rings. The minimum atomic E-state index is -3.77. The van der Waals surface area contributed by atoms with Crippen LogP contribution in [0.15, 0.2) is 23.1 Å². The zero-order valence-electron chi connectivity index (χ0n) is 16.6. The zero-order chi connectivity index (χ0) is 20.9. The Labute approximate surface area is 159 Å². The largest absolute Gasteiger partial charge is 0.455 e. The molecule has 0 N–H and O–H groups in total. The monoisotopic (exact) mass is 399 g/mol. The van der Waals surface area contributed by atoms with Gasteiger partial charge in [-0.15, -0.1) is 0 Å². The molecule has 1 amide bonds. The van der Waals surface area contributed by atoms with Gasteiger partial charge >= 0.3 is 11.9 Å². The van der Waals surface area contributed by atoms with Crippen LogP contribution in [-0.4, -0.2) is 47.9 Å². The molecule has 0 aromatic carbocycles. The summed E-state index contributed by atoms with van der Waals surface area (Å²) in [5, 5.41) is -1.36. The predicted molar refractivity (Wildman–Crippen MR) is 96.6 cm³/mol. The summed E-state index contributed by atoms with van der Waals surface area (Å²) >= 11 is 0. The van der Waals surface area contributed by atoms with Gasteiger partial charge in [0.2, 0.25) is 0 Å². The fraction of sp³-hybridized carbons (Fsp3) is 0.611. The van der Waals surface area contributed by atoms with Crippen molar-refractivity contribution in [1.82, 2.24) is 4.90 Å². The van der Waals surface area contributed by atoms with Crippen molar-refractivity contribution in [2.24, 2.45) is 5.41 Å². The van der Waals surface area contributed by atoms with E-state index in [9.17, 15) is 22.8 Å². The lowest BCUT2D eigenvalue weighted by atomic mass is 9.97. The number of sulfone groups is 1. The molecule has 0 aromatic heterocycles. The van der Waals surface area contributed by atoms with Crippen molar-refractivity contribution in [1.29, 1.82) is 0 Å². The molecule has 1 atom stereocenters. The lowest BCUT2D eigenvalue weighted by molar-refractivity contribution is -0.155. The average Bonchev–Trinajstić information content (AvgIpc) is 2.43. The molecule has 0 spiro atoms. The van der Waals surface area contributed by atoms with E-state index < -0.39 is 44.1 Å². The van der Waals surface area contributed by atoms with Gasteiger partial charge in [-0.25, -0.2) is 13.2 Å². The summed E-state index contributed by atoms with van der Waals surface area (Å²) in [6.07, 6.45) is 0.877. The maximum absolute atomic E-state index is 12.5. The maximum atomic E-state index is 12.5. The van der Waals surface area contributed by atoms with Crippen molar-refractivity contribution in [2.45, 2.75) is 59.4 Å². The van der Waals surface area contributed by atoms with Gasteiger partial charge in [-0.05, 0) is 54.0 Å². The maximum Gasteiger partial charge on any atom is 0.355 e. The van der Waals surface area contributed by atoms with Crippen LogP contribution in [0.4, 0.5) is 0 Å². The molecule has 1 saturated heterocycles. The number of ether oxygens (including phenoxy) is 2. The molecule has 0 unspecified atom stereocenters. The molecule has 0 aliphatic carbocycles. The first-order valence-corrected chi connectivity index (χ1v) is 10.2. The highest BCUT2D eigenvalue weighted by atomic mass is 32.2. The minimum Gasteiger partial charge on any atom is -0.455 e. The molecule has 2 aliphatic heterocycles. The molecular weight excluding hydrogens is 374 g/mol. The van der Waals surface area contributed by atoms with E-state index in [0.29, 0.717) is 0 Å². The van der Waals surface area contributed by atoms with Crippen LogP contribution in [0.2, 0.25) is 0 Å². The second-order valence-corrected chi connectivity index (χ2v) is 10.8. The van der Waals surface area contributed by atoms with Crippen LogP contribution in [-0.2, 0) is 33.7 Å². The number of esters is 2. The van der Waals surface area contributed by atoms with E-state index in [-0.39, 0.29) is 22.6 Å². The Hall–Kier alpha value is -2.16. The normalized spacial score (nSPS) is 23.7. The molecule has 27 heavy (non-hydrogen) atoms. The lowest BCUT2D eigenvalue weighted by Gasteiger charge is -2.45. The van der Waals surface area contributed by atoms with Gasteiger partial charge in [0.25, 0.3) is 5.91 Å². The summed E-state index contributed by atoms with van der Waals surface area (Å²) in [6, 6.07) is 0. The van der Waals surface area contributed by atoms with Crippen LogP contribution < -0.4 is 0 Å². The highest BCUT2D eigenvalue weighted by molar-refractivity contribution is 7.92. The number of amides is 1. The predicted octanol–water partition coefficient (Wildman–Crippen LogP) is 1.67. The summed E-state index contributed by atoms with van der Waals surface area (Å²) in [6.45, 7) is 11.4. The Kier molecular flexibility index (Phi) is 5.07. The van der Waals surface area contributed by atoms with Gasteiger partial charge in [-0.1, -0.05) is 0 Å².